The third-order valence-electron chi connectivity index (χ3n) is 5.39. The number of carbonyl (C=O) groups is 1. The maximum Gasteiger partial charge on any atom is 0.225 e. The van der Waals surface area contributed by atoms with Crippen LogP contribution in [-0.4, -0.2) is 36.4 Å². The summed E-state index contributed by atoms with van der Waals surface area (Å²) in [4.78, 5) is 12.4. The number of ether oxygens (including phenoxy) is 1. The highest BCUT2D eigenvalue weighted by Gasteiger charge is 2.40. The largest absolute Gasteiger partial charge is 0.497 e. The van der Waals surface area contributed by atoms with Crippen LogP contribution in [-0.2, 0) is 11.2 Å². The number of amides is 1. The van der Waals surface area contributed by atoms with Gasteiger partial charge >= 0.3 is 0 Å². The molecule has 24 heavy (non-hydrogen) atoms. The molecule has 1 aliphatic heterocycles. The molecule has 1 heterocycles. The summed E-state index contributed by atoms with van der Waals surface area (Å²) in [6, 6.07) is 8.08. The predicted octanol–water partition coefficient (Wildman–Crippen LogP) is 1.84. The Labute approximate surface area is 143 Å². The number of rotatable bonds is 5. The van der Waals surface area contributed by atoms with Gasteiger partial charge in [-0.1, -0.05) is 19.1 Å². The molecule has 3 rings (SSSR count). The molecule has 0 spiro atoms. The molecule has 132 valence electrons. The van der Waals surface area contributed by atoms with Gasteiger partial charge in [0.05, 0.1) is 19.1 Å². The molecular weight excluding hydrogens is 304 g/mol. The second-order valence-corrected chi connectivity index (χ2v) is 7.24. The quantitative estimate of drug-likeness (QED) is 0.769. The van der Waals surface area contributed by atoms with Gasteiger partial charge in [-0.3, -0.25) is 10.1 Å². The highest BCUT2D eigenvalue weighted by molar-refractivity contribution is 5.80. The molecule has 1 aliphatic carbocycles. The molecule has 5 atom stereocenters. The van der Waals surface area contributed by atoms with Gasteiger partial charge in [-0.25, -0.2) is 0 Å². The highest BCUT2D eigenvalue weighted by atomic mass is 16.5. The Bertz CT molecular complexity index is 577. The number of hydrogen-bond acceptors (Lipinski definition) is 4. The second-order valence-electron chi connectivity index (χ2n) is 7.24. The number of benzene rings is 1. The Balaban J connectivity index is 1.55. The first kappa shape index (κ1) is 17.2. The maximum absolute atomic E-state index is 12.4. The summed E-state index contributed by atoms with van der Waals surface area (Å²) in [5, 5.41) is 16.9. The monoisotopic (exact) mass is 332 g/mol. The summed E-state index contributed by atoms with van der Waals surface area (Å²) in [7, 11) is 1.65. The number of methoxy groups -OCH3 is 1. The van der Waals surface area contributed by atoms with Crippen molar-refractivity contribution in [3.05, 3.63) is 29.8 Å². The first-order chi connectivity index (χ1) is 11.6. The Hall–Kier alpha value is -1.59. The van der Waals surface area contributed by atoms with Crippen LogP contribution < -0.4 is 15.4 Å². The van der Waals surface area contributed by atoms with Gasteiger partial charge in [-0.05, 0) is 55.7 Å². The van der Waals surface area contributed by atoms with Crippen LogP contribution in [0.25, 0.3) is 0 Å². The minimum Gasteiger partial charge on any atom is -0.497 e. The molecule has 0 aromatic heterocycles. The van der Waals surface area contributed by atoms with E-state index in [-0.39, 0.29) is 24.0 Å². The normalized spacial score (nSPS) is 31.0. The van der Waals surface area contributed by atoms with Crippen LogP contribution in [0.1, 0.15) is 38.2 Å². The van der Waals surface area contributed by atoms with Crippen LogP contribution in [0, 0.1) is 11.8 Å². The zero-order valence-electron chi connectivity index (χ0n) is 14.5. The van der Waals surface area contributed by atoms with E-state index in [1.807, 2.05) is 24.3 Å². The molecule has 3 N–H and O–H groups in total. The van der Waals surface area contributed by atoms with E-state index in [2.05, 4.69) is 17.6 Å². The number of aliphatic hydroxyl groups is 1. The van der Waals surface area contributed by atoms with Gasteiger partial charge in [0.25, 0.3) is 0 Å². The number of fused-ring (bicyclic) bond motifs is 1. The van der Waals surface area contributed by atoms with Gasteiger partial charge in [-0.2, -0.15) is 0 Å². The van der Waals surface area contributed by atoms with E-state index >= 15 is 0 Å². The van der Waals surface area contributed by atoms with Crippen molar-refractivity contribution < 1.29 is 14.6 Å². The average Bonchev–Trinajstić information content (AvgIpc) is 2.60. The zero-order chi connectivity index (χ0) is 17.1. The van der Waals surface area contributed by atoms with Crippen LogP contribution >= 0.6 is 0 Å². The van der Waals surface area contributed by atoms with E-state index < -0.39 is 6.10 Å². The van der Waals surface area contributed by atoms with Gasteiger partial charge in [0, 0.05) is 6.04 Å². The number of aryl methyl sites for hydroxylation is 1. The number of carbonyl (C=O) groups excluding carboxylic acids is 1. The van der Waals surface area contributed by atoms with Crippen molar-refractivity contribution in [3.63, 3.8) is 0 Å². The van der Waals surface area contributed by atoms with Gasteiger partial charge in [-0.15, -0.1) is 0 Å². The molecule has 1 saturated carbocycles. The molecule has 5 unspecified atom stereocenters. The first-order valence-electron chi connectivity index (χ1n) is 8.94. The SMILES string of the molecule is COc1cccc(CCC(O)C2NC(=O)C3CC(C)CCC3N2)c1. The van der Waals surface area contributed by atoms with Crippen LogP contribution in [0.5, 0.6) is 5.75 Å². The van der Waals surface area contributed by atoms with Crippen molar-refractivity contribution in [2.24, 2.45) is 11.8 Å². The maximum atomic E-state index is 12.4. The Morgan fingerprint density at radius 2 is 2.21 bits per heavy atom. The molecule has 5 heteroatoms. The van der Waals surface area contributed by atoms with Crippen molar-refractivity contribution in [2.45, 2.75) is 57.3 Å². The fraction of sp³-hybridized carbons (Fsp3) is 0.632. The van der Waals surface area contributed by atoms with Crippen molar-refractivity contribution in [2.75, 3.05) is 7.11 Å². The minimum atomic E-state index is -0.597. The smallest absolute Gasteiger partial charge is 0.225 e. The topological polar surface area (TPSA) is 70.6 Å². The number of nitrogens with one attached hydrogen (secondary N) is 2. The third-order valence-corrected chi connectivity index (χ3v) is 5.39. The molecular formula is C19H28N2O3. The van der Waals surface area contributed by atoms with E-state index in [4.69, 9.17) is 4.74 Å². The molecule has 1 saturated heterocycles. The minimum absolute atomic E-state index is 0.0515. The molecule has 2 aliphatic rings. The lowest BCUT2D eigenvalue weighted by molar-refractivity contribution is -0.133. The van der Waals surface area contributed by atoms with Crippen molar-refractivity contribution in [1.29, 1.82) is 0 Å². The Morgan fingerprint density at radius 3 is 3.00 bits per heavy atom. The lowest BCUT2D eigenvalue weighted by Crippen LogP contribution is -2.66. The van der Waals surface area contributed by atoms with Crippen LogP contribution in [0.3, 0.4) is 0 Å². The van der Waals surface area contributed by atoms with Crippen molar-refractivity contribution >= 4 is 5.91 Å². The van der Waals surface area contributed by atoms with Crippen molar-refractivity contribution in [3.8, 4) is 5.75 Å². The molecule has 1 aromatic carbocycles. The first-order valence-corrected chi connectivity index (χ1v) is 8.94. The van der Waals surface area contributed by atoms with E-state index in [1.54, 1.807) is 7.11 Å². The summed E-state index contributed by atoms with van der Waals surface area (Å²) in [5.41, 5.74) is 1.12. The van der Waals surface area contributed by atoms with Crippen molar-refractivity contribution in [1.82, 2.24) is 10.6 Å². The lowest BCUT2D eigenvalue weighted by Gasteiger charge is -2.43. The molecule has 1 aromatic rings. The fourth-order valence-corrected chi connectivity index (χ4v) is 3.92. The van der Waals surface area contributed by atoms with E-state index in [0.717, 1.165) is 37.0 Å². The van der Waals surface area contributed by atoms with E-state index in [1.165, 1.54) is 0 Å². The Morgan fingerprint density at radius 1 is 1.38 bits per heavy atom. The van der Waals surface area contributed by atoms with Gasteiger partial charge in [0.15, 0.2) is 0 Å². The van der Waals surface area contributed by atoms with E-state index in [0.29, 0.717) is 12.3 Å². The second kappa shape index (κ2) is 7.53. The van der Waals surface area contributed by atoms with Gasteiger partial charge in [0.2, 0.25) is 5.91 Å². The molecule has 2 fully saturated rings. The summed E-state index contributed by atoms with van der Waals surface area (Å²) >= 11 is 0. The van der Waals surface area contributed by atoms with Gasteiger partial charge < -0.3 is 15.2 Å². The predicted molar refractivity (Wildman–Crippen MR) is 92.7 cm³/mol. The van der Waals surface area contributed by atoms with Crippen LogP contribution in [0.2, 0.25) is 0 Å². The average molecular weight is 332 g/mol. The number of aliphatic hydroxyl groups excluding tert-OH is 1. The molecule has 1 amide bonds. The zero-order valence-corrected chi connectivity index (χ0v) is 14.5. The third kappa shape index (κ3) is 3.90. The molecule has 5 nitrogen and oxygen atoms in total. The highest BCUT2D eigenvalue weighted by Crippen LogP contribution is 2.31. The van der Waals surface area contributed by atoms with E-state index in [9.17, 15) is 9.90 Å². The fourth-order valence-electron chi connectivity index (χ4n) is 3.92. The Kier molecular flexibility index (Phi) is 5.41. The molecule has 0 bridgehead atoms. The summed E-state index contributed by atoms with van der Waals surface area (Å²) in [6.07, 6.45) is 3.50. The summed E-state index contributed by atoms with van der Waals surface area (Å²) < 4.78 is 5.23. The lowest BCUT2D eigenvalue weighted by atomic mass is 9.77. The van der Waals surface area contributed by atoms with Gasteiger partial charge in [0.1, 0.15) is 11.9 Å². The number of hydrogen-bond donors (Lipinski definition) is 3. The standard InChI is InChI=1S/C19H28N2O3/c1-12-6-8-16-15(10-12)19(23)21-18(20-16)17(22)9-7-13-4-3-5-14(11-13)24-2/h3-5,11-12,15-18,20,22H,6-10H2,1-2H3,(H,21,23). The van der Waals surface area contributed by atoms with Crippen LogP contribution in [0.15, 0.2) is 24.3 Å². The summed E-state index contributed by atoms with van der Waals surface area (Å²) in [6.45, 7) is 2.21. The summed E-state index contributed by atoms with van der Waals surface area (Å²) in [5.74, 6) is 1.57. The van der Waals surface area contributed by atoms with Crippen LogP contribution in [0.4, 0.5) is 0 Å². The molecule has 0 radical (unpaired) electrons.